The van der Waals surface area contributed by atoms with Gasteiger partial charge in [-0.3, -0.25) is 4.68 Å². The first kappa shape index (κ1) is 12.4. The first-order chi connectivity index (χ1) is 8.10. The van der Waals surface area contributed by atoms with E-state index in [2.05, 4.69) is 12.0 Å². The molecule has 2 rings (SSSR count). The molecule has 3 N–H and O–H groups in total. The third kappa shape index (κ3) is 2.17. The molecule has 1 saturated carbocycles. The van der Waals surface area contributed by atoms with Crippen molar-refractivity contribution in [3.8, 4) is 5.75 Å². The number of rotatable bonds is 4. The molecule has 0 spiro atoms. The number of nitrogens with zero attached hydrogens (tertiary/aromatic N) is 2. The Hall–Kier alpha value is -1.07. The monoisotopic (exact) mass is 239 g/mol. The van der Waals surface area contributed by atoms with Crippen molar-refractivity contribution in [2.45, 2.75) is 50.8 Å². The molecule has 1 aromatic heterocycles. The van der Waals surface area contributed by atoms with Crippen LogP contribution < -0.4 is 10.5 Å². The predicted molar refractivity (Wildman–Crippen MR) is 64.8 cm³/mol. The smallest absolute Gasteiger partial charge is 0.162 e. The van der Waals surface area contributed by atoms with Gasteiger partial charge in [0.15, 0.2) is 5.75 Å². The molecule has 17 heavy (non-hydrogen) atoms. The molecular formula is C12H21N3O2. The Labute approximate surface area is 102 Å². The number of aliphatic hydroxyl groups is 1. The van der Waals surface area contributed by atoms with E-state index in [0.717, 1.165) is 25.1 Å². The van der Waals surface area contributed by atoms with Gasteiger partial charge in [-0.05, 0) is 25.7 Å². The van der Waals surface area contributed by atoms with E-state index >= 15 is 0 Å². The van der Waals surface area contributed by atoms with E-state index in [0.29, 0.717) is 18.6 Å². The average Bonchev–Trinajstić information content (AvgIpc) is 2.84. The van der Waals surface area contributed by atoms with E-state index < -0.39 is 5.60 Å². The van der Waals surface area contributed by atoms with Gasteiger partial charge in [-0.1, -0.05) is 6.92 Å². The number of hydrogen-bond acceptors (Lipinski definition) is 4. The minimum absolute atomic E-state index is 0.0645. The van der Waals surface area contributed by atoms with Gasteiger partial charge >= 0.3 is 0 Å². The van der Waals surface area contributed by atoms with Gasteiger partial charge < -0.3 is 15.6 Å². The van der Waals surface area contributed by atoms with Crippen LogP contribution in [0, 0.1) is 0 Å². The second kappa shape index (κ2) is 4.66. The molecule has 0 aromatic carbocycles. The Bertz CT molecular complexity index is 391. The molecule has 0 amide bonds. The minimum atomic E-state index is -0.879. The molecule has 0 aliphatic heterocycles. The molecule has 1 aliphatic carbocycles. The maximum Gasteiger partial charge on any atom is 0.162 e. The maximum absolute atomic E-state index is 10.7. The van der Waals surface area contributed by atoms with Crippen LogP contribution in [0.3, 0.4) is 0 Å². The molecule has 0 bridgehead atoms. The summed E-state index contributed by atoms with van der Waals surface area (Å²) in [6, 6.07) is 0.0645. The summed E-state index contributed by atoms with van der Waals surface area (Å²) in [6.07, 6.45) is 4.75. The number of ether oxygens (including phenoxy) is 1. The molecule has 2 unspecified atom stereocenters. The fourth-order valence-electron chi connectivity index (χ4n) is 2.65. The highest BCUT2D eigenvalue weighted by Crippen LogP contribution is 2.42. The Morgan fingerprint density at radius 1 is 1.71 bits per heavy atom. The van der Waals surface area contributed by atoms with Crippen LogP contribution in [-0.4, -0.2) is 28.0 Å². The highest BCUT2D eigenvalue weighted by Gasteiger charge is 2.42. The van der Waals surface area contributed by atoms with Crippen LogP contribution in [0.2, 0.25) is 0 Å². The largest absolute Gasteiger partial charge is 0.493 e. The summed E-state index contributed by atoms with van der Waals surface area (Å²) in [4.78, 5) is 0. The van der Waals surface area contributed by atoms with Crippen molar-refractivity contribution in [2.24, 2.45) is 5.73 Å². The highest BCUT2D eigenvalue weighted by molar-refractivity contribution is 5.32. The molecule has 1 fully saturated rings. The molecule has 2 atom stereocenters. The van der Waals surface area contributed by atoms with Gasteiger partial charge in [0.05, 0.1) is 13.3 Å². The Kier molecular flexibility index (Phi) is 3.40. The number of nitrogens with two attached hydrogens (primary N) is 1. The lowest BCUT2D eigenvalue weighted by molar-refractivity contribution is 0.0311. The molecule has 1 aromatic rings. The summed E-state index contributed by atoms with van der Waals surface area (Å²) in [7, 11) is 1.61. The van der Waals surface area contributed by atoms with Gasteiger partial charge in [0.2, 0.25) is 0 Å². The van der Waals surface area contributed by atoms with Crippen molar-refractivity contribution in [1.29, 1.82) is 0 Å². The lowest BCUT2D eigenvalue weighted by Gasteiger charge is -2.24. The number of hydrogen-bond donors (Lipinski definition) is 2. The van der Waals surface area contributed by atoms with E-state index in [4.69, 9.17) is 10.5 Å². The standard InChI is InChI=1S/C12H21N3O2/c1-3-6-15-11(10(17-2)8-14-15)12(16)5-4-9(13)7-12/h8-9,16H,3-7,13H2,1-2H3. The second-order valence-corrected chi connectivity index (χ2v) is 4.82. The van der Waals surface area contributed by atoms with E-state index in [1.165, 1.54) is 0 Å². The van der Waals surface area contributed by atoms with Crippen LogP contribution in [0.4, 0.5) is 0 Å². The Morgan fingerprint density at radius 3 is 3.00 bits per heavy atom. The van der Waals surface area contributed by atoms with Crippen molar-refractivity contribution in [3.05, 3.63) is 11.9 Å². The highest BCUT2D eigenvalue weighted by atomic mass is 16.5. The van der Waals surface area contributed by atoms with Gasteiger partial charge in [-0.2, -0.15) is 5.10 Å². The SMILES string of the molecule is CCCn1ncc(OC)c1C1(O)CCC(N)C1. The van der Waals surface area contributed by atoms with Crippen molar-refractivity contribution in [3.63, 3.8) is 0 Å². The van der Waals surface area contributed by atoms with Gasteiger partial charge in [-0.25, -0.2) is 0 Å². The van der Waals surface area contributed by atoms with Crippen LogP contribution in [0.15, 0.2) is 6.20 Å². The van der Waals surface area contributed by atoms with Crippen molar-refractivity contribution >= 4 is 0 Å². The summed E-state index contributed by atoms with van der Waals surface area (Å²) < 4.78 is 7.15. The van der Waals surface area contributed by atoms with Gasteiger partial charge in [0.1, 0.15) is 11.3 Å². The first-order valence-electron chi connectivity index (χ1n) is 6.19. The zero-order chi connectivity index (χ0) is 12.5. The third-order valence-corrected chi connectivity index (χ3v) is 3.43. The summed E-state index contributed by atoms with van der Waals surface area (Å²) >= 11 is 0. The normalized spacial score (nSPS) is 28.6. The lowest BCUT2D eigenvalue weighted by Crippen LogP contribution is -2.29. The zero-order valence-corrected chi connectivity index (χ0v) is 10.5. The zero-order valence-electron chi connectivity index (χ0n) is 10.5. The summed E-state index contributed by atoms with van der Waals surface area (Å²) in [5, 5.41) is 15.0. The average molecular weight is 239 g/mol. The number of aryl methyl sites for hydroxylation is 1. The lowest BCUT2D eigenvalue weighted by atomic mass is 9.96. The van der Waals surface area contributed by atoms with Gasteiger partial charge in [0, 0.05) is 12.6 Å². The van der Waals surface area contributed by atoms with E-state index in [1.54, 1.807) is 13.3 Å². The van der Waals surface area contributed by atoms with Crippen LogP contribution in [0.1, 0.15) is 38.3 Å². The topological polar surface area (TPSA) is 73.3 Å². The molecular weight excluding hydrogens is 218 g/mol. The maximum atomic E-state index is 10.7. The van der Waals surface area contributed by atoms with Crippen LogP contribution in [-0.2, 0) is 12.1 Å². The third-order valence-electron chi connectivity index (χ3n) is 3.43. The fraction of sp³-hybridized carbons (Fsp3) is 0.750. The molecule has 0 saturated heterocycles. The molecule has 5 nitrogen and oxygen atoms in total. The fourth-order valence-corrected chi connectivity index (χ4v) is 2.65. The van der Waals surface area contributed by atoms with E-state index in [-0.39, 0.29) is 6.04 Å². The minimum Gasteiger partial charge on any atom is -0.493 e. The molecule has 0 radical (unpaired) electrons. The van der Waals surface area contributed by atoms with Gasteiger partial charge in [-0.15, -0.1) is 0 Å². The van der Waals surface area contributed by atoms with Crippen molar-refractivity contribution in [2.75, 3.05) is 7.11 Å². The van der Waals surface area contributed by atoms with Crippen molar-refractivity contribution < 1.29 is 9.84 Å². The molecule has 96 valence electrons. The summed E-state index contributed by atoms with van der Waals surface area (Å²) in [5.41, 5.74) is 5.81. The quantitative estimate of drug-likeness (QED) is 0.822. The van der Waals surface area contributed by atoms with Gasteiger partial charge in [0.25, 0.3) is 0 Å². The van der Waals surface area contributed by atoms with Crippen LogP contribution in [0.25, 0.3) is 0 Å². The second-order valence-electron chi connectivity index (χ2n) is 4.82. The summed E-state index contributed by atoms with van der Waals surface area (Å²) in [6.45, 7) is 2.87. The van der Waals surface area contributed by atoms with Crippen LogP contribution >= 0.6 is 0 Å². The molecule has 5 heteroatoms. The van der Waals surface area contributed by atoms with E-state index in [9.17, 15) is 5.11 Å². The Balaban J connectivity index is 2.38. The molecule has 1 aliphatic rings. The van der Waals surface area contributed by atoms with E-state index in [1.807, 2.05) is 4.68 Å². The number of aromatic nitrogens is 2. The predicted octanol–water partition coefficient (Wildman–Crippen LogP) is 1.00. The number of methoxy groups -OCH3 is 1. The van der Waals surface area contributed by atoms with Crippen LogP contribution in [0.5, 0.6) is 5.75 Å². The first-order valence-corrected chi connectivity index (χ1v) is 6.19. The molecule has 1 heterocycles. The van der Waals surface area contributed by atoms with Crippen molar-refractivity contribution in [1.82, 2.24) is 9.78 Å². The Morgan fingerprint density at radius 2 is 2.47 bits per heavy atom. The summed E-state index contributed by atoms with van der Waals surface area (Å²) in [5.74, 6) is 0.662.